The second kappa shape index (κ2) is 10.2. The van der Waals surface area contributed by atoms with Gasteiger partial charge in [0.25, 0.3) is 5.91 Å². The molecule has 1 amide bonds. The van der Waals surface area contributed by atoms with Crippen LogP contribution >= 0.6 is 0 Å². The van der Waals surface area contributed by atoms with Gasteiger partial charge in [0.15, 0.2) is 5.82 Å². The average Bonchev–Trinajstić information content (AvgIpc) is 2.84. The molecule has 174 valence electrons. The number of nitrogens with zero attached hydrogens (tertiary/aromatic N) is 5. The van der Waals surface area contributed by atoms with Gasteiger partial charge in [-0.1, -0.05) is 18.2 Å². The van der Waals surface area contributed by atoms with Crippen molar-refractivity contribution in [3.05, 3.63) is 66.1 Å². The second-order valence-electron chi connectivity index (χ2n) is 7.76. The van der Waals surface area contributed by atoms with Crippen LogP contribution in [0.3, 0.4) is 0 Å². The highest BCUT2D eigenvalue weighted by Gasteiger charge is 2.17. The van der Waals surface area contributed by atoms with E-state index >= 15 is 0 Å². The molecule has 0 bridgehead atoms. The van der Waals surface area contributed by atoms with Crippen LogP contribution in [0.5, 0.6) is 6.01 Å². The van der Waals surface area contributed by atoms with Crippen LogP contribution in [0.2, 0.25) is 0 Å². The van der Waals surface area contributed by atoms with E-state index in [0.717, 1.165) is 17.3 Å². The number of aromatic nitrogens is 5. The summed E-state index contributed by atoms with van der Waals surface area (Å²) in [6.45, 7) is 4.36. The summed E-state index contributed by atoms with van der Waals surface area (Å²) in [5, 5.41) is 6.22. The van der Waals surface area contributed by atoms with E-state index in [1.165, 1.54) is 13.4 Å². The molecule has 0 aliphatic carbocycles. The Labute approximate surface area is 195 Å². The number of benzene rings is 1. The van der Waals surface area contributed by atoms with Gasteiger partial charge >= 0.3 is 6.01 Å². The van der Waals surface area contributed by atoms with E-state index in [9.17, 15) is 9.18 Å². The van der Waals surface area contributed by atoms with Gasteiger partial charge in [-0.25, -0.2) is 24.3 Å². The third-order valence-electron chi connectivity index (χ3n) is 5.02. The van der Waals surface area contributed by atoms with E-state index in [4.69, 9.17) is 4.74 Å². The molecule has 9 nitrogen and oxygen atoms in total. The highest BCUT2D eigenvalue weighted by atomic mass is 19.1. The fourth-order valence-electron chi connectivity index (χ4n) is 3.47. The van der Waals surface area contributed by atoms with Crippen LogP contribution in [-0.4, -0.2) is 50.5 Å². The van der Waals surface area contributed by atoms with Gasteiger partial charge in [0, 0.05) is 43.0 Å². The first-order chi connectivity index (χ1) is 16.5. The third kappa shape index (κ3) is 5.06. The van der Waals surface area contributed by atoms with Gasteiger partial charge in [-0.3, -0.25) is 9.78 Å². The summed E-state index contributed by atoms with van der Waals surface area (Å²) < 4.78 is 19.7. The molecule has 2 N–H and O–H groups in total. The Bertz CT molecular complexity index is 1310. The number of para-hydroxylation sites is 1. The number of halogens is 1. The first-order valence-electron chi connectivity index (χ1n) is 10.8. The summed E-state index contributed by atoms with van der Waals surface area (Å²) in [6.07, 6.45) is 6.44. The molecule has 1 aromatic carbocycles. The monoisotopic (exact) mass is 461 g/mol. The van der Waals surface area contributed by atoms with Crippen molar-refractivity contribution in [1.29, 1.82) is 0 Å². The molecule has 0 saturated heterocycles. The molecule has 3 aromatic heterocycles. The lowest BCUT2D eigenvalue weighted by Crippen LogP contribution is -2.20. The van der Waals surface area contributed by atoms with Gasteiger partial charge in [-0.05, 0) is 25.8 Å². The largest absolute Gasteiger partial charge is 0.461 e. The molecule has 0 aliphatic heterocycles. The summed E-state index contributed by atoms with van der Waals surface area (Å²) in [6, 6.07) is 7.52. The fourth-order valence-corrected chi connectivity index (χ4v) is 3.47. The molecular formula is C24H24FN7O2. The predicted molar refractivity (Wildman–Crippen MR) is 126 cm³/mol. The van der Waals surface area contributed by atoms with E-state index in [1.807, 2.05) is 26.0 Å². The highest BCUT2D eigenvalue weighted by Crippen LogP contribution is 2.24. The van der Waals surface area contributed by atoms with Gasteiger partial charge in [-0.2, -0.15) is 0 Å². The molecule has 0 fully saturated rings. The molecule has 0 spiro atoms. The van der Waals surface area contributed by atoms with E-state index < -0.39 is 11.7 Å². The number of ether oxygens (including phenoxy) is 1. The Morgan fingerprint density at radius 2 is 1.88 bits per heavy atom. The maximum absolute atomic E-state index is 14.3. The van der Waals surface area contributed by atoms with Crippen molar-refractivity contribution in [2.45, 2.75) is 26.4 Å². The van der Waals surface area contributed by atoms with E-state index in [0.29, 0.717) is 41.4 Å². The number of fused-ring (bicyclic) bond motifs is 1. The van der Waals surface area contributed by atoms with Crippen LogP contribution in [0.4, 0.5) is 10.2 Å². The quantitative estimate of drug-likeness (QED) is 0.410. The summed E-state index contributed by atoms with van der Waals surface area (Å²) in [7, 11) is 1.47. The molecule has 0 radical (unpaired) electrons. The van der Waals surface area contributed by atoms with Crippen molar-refractivity contribution in [2.75, 3.05) is 18.9 Å². The molecule has 0 atom stereocenters. The molecule has 0 unspecified atom stereocenters. The zero-order valence-electron chi connectivity index (χ0n) is 19.0. The number of hydrogen-bond donors (Lipinski definition) is 2. The summed E-state index contributed by atoms with van der Waals surface area (Å²) in [5.41, 5.74) is 2.89. The van der Waals surface area contributed by atoms with Crippen LogP contribution in [-0.2, 0) is 6.42 Å². The van der Waals surface area contributed by atoms with Crippen LogP contribution in [0, 0.1) is 5.82 Å². The minimum absolute atomic E-state index is 0.00483. The molecule has 10 heteroatoms. The van der Waals surface area contributed by atoms with Crippen molar-refractivity contribution in [2.24, 2.45) is 0 Å². The Morgan fingerprint density at radius 3 is 2.62 bits per heavy atom. The van der Waals surface area contributed by atoms with Crippen molar-refractivity contribution in [3.8, 4) is 17.3 Å². The van der Waals surface area contributed by atoms with Gasteiger partial charge < -0.3 is 15.4 Å². The molecule has 4 rings (SSSR count). The molecule has 4 aromatic rings. The Balaban J connectivity index is 1.48. The van der Waals surface area contributed by atoms with Crippen molar-refractivity contribution in [3.63, 3.8) is 0 Å². The minimum Gasteiger partial charge on any atom is -0.461 e. The maximum Gasteiger partial charge on any atom is 0.316 e. The van der Waals surface area contributed by atoms with E-state index in [1.54, 1.807) is 24.5 Å². The molecule has 0 aliphatic rings. The second-order valence-corrected chi connectivity index (χ2v) is 7.76. The normalized spacial score (nSPS) is 11.0. The lowest BCUT2D eigenvalue weighted by Gasteiger charge is -2.11. The standard InChI is InChI=1S/C24H24FN7O2/c1-14(2)34-24-29-10-16(11-30-24)19-9-20(32-13-31-19)27-8-7-15-5-4-6-17-21(23(33)26-3)18(25)12-28-22(15)17/h4-6,9-14H,7-8H2,1-3H3,(H,26,33)(H,27,31,32). The summed E-state index contributed by atoms with van der Waals surface area (Å²) >= 11 is 0. The number of carbonyl (C=O) groups excluding carboxylic acids is 1. The van der Waals surface area contributed by atoms with E-state index in [2.05, 4.69) is 35.6 Å². The zero-order chi connectivity index (χ0) is 24.1. The summed E-state index contributed by atoms with van der Waals surface area (Å²) in [5.74, 6) is -0.498. The number of rotatable bonds is 8. The molecule has 34 heavy (non-hydrogen) atoms. The zero-order valence-corrected chi connectivity index (χ0v) is 19.0. The molecular weight excluding hydrogens is 437 g/mol. The SMILES string of the molecule is CNC(=O)c1c(F)cnc2c(CCNc3cc(-c4cnc(OC(C)C)nc4)ncn3)cccc12. The lowest BCUT2D eigenvalue weighted by molar-refractivity contribution is 0.0960. The number of hydrogen-bond acceptors (Lipinski definition) is 8. The van der Waals surface area contributed by atoms with Crippen LogP contribution in [0.1, 0.15) is 29.8 Å². The van der Waals surface area contributed by atoms with Crippen LogP contribution in [0.15, 0.2) is 49.2 Å². The van der Waals surface area contributed by atoms with Gasteiger partial charge in [-0.15, -0.1) is 0 Å². The predicted octanol–water partition coefficient (Wildman–Crippen LogP) is 3.42. The number of pyridine rings is 1. The average molecular weight is 462 g/mol. The highest BCUT2D eigenvalue weighted by molar-refractivity contribution is 6.06. The fraction of sp³-hybridized carbons (Fsp3) is 0.250. The van der Waals surface area contributed by atoms with E-state index in [-0.39, 0.29) is 11.7 Å². The maximum atomic E-state index is 14.3. The lowest BCUT2D eigenvalue weighted by atomic mass is 10.0. The van der Waals surface area contributed by atoms with Crippen LogP contribution < -0.4 is 15.4 Å². The Hall–Kier alpha value is -4.21. The van der Waals surface area contributed by atoms with Gasteiger partial charge in [0.1, 0.15) is 12.1 Å². The number of amides is 1. The number of nitrogens with one attached hydrogen (secondary N) is 2. The van der Waals surface area contributed by atoms with Crippen molar-refractivity contribution >= 4 is 22.6 Å². The van der Waals surface area contributed by atoms with Crippen molar-refractivity contribution in [1.82, 2.24) is 30.2 Å². The van der Waals surface area contributed by atoms with Gasteiger partial charge in [0.2, 0.25) is 0 Å². The number of anilines is 1. The number of carbonyl (C=O) groups is 1. The first kappa shape index (κ1) is 23.0. The van der Waals surface area contributed by atoms with Crippen LogP contribution in [0.25, 0.3) is 22.2 Å². The third-order valence-corrected chi connectivity index (χ3v) is 5.02. The topological polar surface area (TPSA) is 115 Å². The molecule has 3 heterocycles. The Morgan fingerprint density at radius 1 is 1.09 bits per heavy atom. The Kier molecular flexibility index (Phi) is 6.86. The van der Waals surface area contributed by atoms with Crippen molar-refractivity contribution < 1.29 is 13.9 Å². The molecule has 0 saturated carbocycles. The summed E-state index contributed by atoms with van der Waals surface area (Å²) in [4.78, 5) is 33.4. The first-order valence-corrected chi connectivity index (χ1v) is 10.8. The minimum atomic E-state index is -0.650. The van der Waals surface area contributed by atoms with Gasteiger partial charge in [0.05, 0.1) is 29.1 Å². The smallest absolute Gasteiger partial charge is 0.316 e.